The van der Waals surface area contributed by atoms with Gasteiger partial charge < -0.3 is 10.2 Å². The standard InChI is InChI=1S/C13H15Cl2NO2/c14-10-1-2-11(17)13(15)9(10)6-16-4-7-3-12(18)8(7)5-16/h1-2,7-8,12,17-18H,3-6H2/t7-,8+,12+/m1/s1. The molecule has 2 fully saturated rings. The fourth-order valence-corrected chi connectivity index (χ4v) is 3.54. The number of aliphatic hydroxyl groups is 1. The Morgan fingerprint density at radius 3 is 2.72 bits per heavy atom. The number of nitrogens with zero attached hydrogens (tertiary/aromatic N) is 1. The highest BCUT2D eigenvalue weighted by atomic mass is 35.5. The van der Waals surface area contributed by atoms with Crippen molar-refractivity contribution in [3.63, 3.8) is 0 Å². The molecule has 1 aromatic rings. The molecule has 0 radical (unpaired) electrons. The average Bonchev–Trinajstić information content (AvgIpc) is 2.67. The molecule has 5 heteroatoms. The Hall–Kier alpha value is -0.480. The zero-order valence-corrected chi connectivity index (χ0v) is 11.3. The highest BCUT2D eigenvalue weighted by Gasteiger charge is 2.46. The summed E-state index contributed by atoms with van der Waals surface area (Å²) in [5.74, 6) is 1.08. The molecule has 0 amide bonds. The maximum absolute atomic E-state index is 9.64. The van der Waals surface area contributed by atoms with Crippen molar-refractivity contribution in [1.29, 1.82) is 0 Å². The van der Waals surface area contributed by atoms with E-state index in [9.17, 15) is 10.2 Å². The first-order valence-electron chi connectivity index (χ1n) is 6.12. The van der Waals surface area contributed by atoms with Gasteiger partial charge in [-0.25, -0.2) is 0 Å². The van der Waals surface area contributed by atoms with Crippen LogP contribution in [0.4, 0.5) is 0 Å². The first-order chi connectivity index (χ1) is 8.56. The van der Waals surface area contributed by atoms with Crippen molar-refractivity contribution in [2.45, 2.75) is 19.1 Å². The number of halogens is 2. The van der Waals surface area contributed by atoms with Gasteiger partial charge in [0, 0.05) is 36.1 Å². The summed E-state index contributed by atoms with van der Waals surface area (Å²) >= 11 is 12.2. The van der Waals surface area contributed by atoms with Crippen LogP contribution in [0, 0.1) is 11.8 Å². The van der Waals surface area contributed by atoms with Crippen LogP contribution in [0.5, 0.6) is 5.75 Å². The van der Waals surface area contributed by atoms with Gasteiger partial charge in [-0.05, 0) is 24.5 Å². The van der Waals surface area contributed by atoms with Crippen LogP contribution < -0.4 is 0 Å². The summed E-state index contributed by atoms with van der Waals surface area (Å²) in [5, 5.41) is 20.2. The molecule has 0 spiro atoms. The lowest BCUT2D eigenvalue weighted by Crippen LogP contribution is -2.39. The normalized spacial score (nSPS) is 31.2. The van der Waals surface area contributed by atoms with Gasteiger partial charge in [-0.1, -0.05) is 23.2 Å². The summed E-state index contributed by atoms with van der Waals surface area (Å²) in [6.07, 6.45) is 0.762. The second-order valence-electron chi connectivity index (χ2n) is 5.28. The average molecular weight is 288 g/mol. The molecule has 3 rings (SSSR count). The molecular weight excluding hydrogens is 273 g/mol. The lowest BCUT2D eigenvalue weighted by molar-refractivity contribution is -0.00435. The minimum absolute atomic E-state index is 0.0678. The summed E-state index contributed by atoms with van der Waals surface area (Å²) in [4.78, 5) is 2.25. The lowest BCUT2D eigenvalue weighted by Gasteiger charge is -2.35. The second kappa shape index (κ2) is 4.57. The van der Waals surface area contributed by atoms with Gasteiger partial charge in [0.15, 0.2) is 0 Å². The van der Waals surface area contributed by atoms with Gasteiger partial charge in [-0.15, -0.1) is 0 Å². The van der Waals surface area contributed by atoms with Gasteiger partial charge in [0.2, 0.25) is 0 Å². The number of fused-ring (bicyclic) bond motifs is 1. The van der Waals surface area contributed by atoms with Crippen LogP contribution in [0.15, 0.2) is 12.1 Å². The second-order valence-corrected chi connectivity index (χ2v) is 6.07. The third kappa shape index (κ3) is 1.99. The monoisotopic (exact) mass is 287 g/mol. The van der Waals surface area contributed by atoms with E-state index < -0.39 is 0 Å². The number of aliphatic hydroxyl groups excluding tert-OH is 1. The molecule has 0 aromatic heterocycles. The fourth-order valence-electron chi connectivity index (χ4n) is 3.05. The summed E-state index contributed by atoms with van der Waals surface area (Å²) in [6, 6.07) is 3.17. The minimum Gasteiger partial charge on any atom is -0.506 e. The van der Waals surface area contributed by atoms with Crippen molar-refractivity contribution in [3.8, 4) is 5.75 Å². The minimum atomic E-state index is -0.143. The third-order valence-electron chi connectivity index (χ3n) is 4.15. The number of hydrogen-bond acceptors (Lipinski definition) is 3. The Balaban J connectivity index is 1.76. The summed E-state index contributed by atoms with van der Waals surface area (Å²) in [7, 11) is 0. The molecule has 1 heterocycles. The summed E-state index contributed by atoms with van der Waals surface area (Å²) in [5.41, 5.74) is 0.772. The molecule has 2 N–H and O–H groups in total. The molecule has 3 nitrogen and oxygen atoms in total. The predicted octanol–water partition coefficient (Wildman–Crippen LogP) is 2.51. The number of aromatic hydroxyl groups is 1. The molecule has 1 aliphatic carbocycles. The van der Waals surface area contributed by atoms with E-state index in [1.165, 1.54) is 6.07 Å². The number of hydrogen-bond donors (Lipinski definition) is 2. The predicted molar refractivity (Wildman–Crippen MR) is 71.0 cm³/mol. The Morgan fingerprint density at radius 1 is 1.28 bits per heavy atom. The first-order valence-corrected chi connectivity index (χ1v) is 6.88. The molecular formula is C13H15Cl2NO2. The van der Waals surface area contributed by atoms with Gasteiger partial charge in [-0.2, -0.15) is 0 Å². The molecule has 3 atom stereocenters. The van der Waals surface area contributed by atoms with Crippen molar-refractivity contribution in [2.75, 3.05) is 13.1 Å². The number of rotatable bonds is 2. The first kappa shape index (κ1) is 12.5. The van der Waals surface area contributed by atoms with Crippen LogP contribution in [0.25, 0.3) is 0 Å². The van der Waals surface area contributed by atoms with Gasteiger partial charge in [0.1, 0.15) is 5.75 Å². The number of phenolic OH excluding ortho intramolecular Hbond substituents is 1. The van der Waals surface area contributed by atoms with Crippen molar-refractivity contribution in [2.24, 2.45) is 11.8 Å². The van der Waals surface area contributed by atoms with E-state index in [1.807, 2.05) is 0 Å². The number of phenols is 1. The van der Waals surface area contributed by atoms with Crippen molar-refractivity contribution >= 4 is 23.2 Å². The van der Waals surface area contributed by atoms with Gasteiger partial charge in [0.25, 0.3) is 0 Å². The third-order valence-corrected chi connectivity index (χ3v) is 4.93. The molecule has 98 valence electrons. The quantitative estimate of drug-likeness (QED) is 0.879. The topological polar surface area (TPSA) is 43.7 Å². The molecule has 2 aliphatic rings. The zero-order valence-electron chi connectivity index (χ0n) is 9.81. The van der Waals surface area contributed by atoms with E-state index in [0.717, 1.165) is 25.1 Å². The van der Waals surface area contributed by atoms with Crippen molar-refractivity contribution in [1.82, 2.24) is 4.90 Å². The van der Waals surface area contributed by atoms with Crippen molar-refractivity contribution in [3.05, 3.63) is 27.7 Å². The smallest absolute Gasteiger partial charge is 0.134 e. The molecule has 0 bridgehead atoms. The van der Waals surface area contributed by atoms with E-state index in [0.29, 0.717) is 28.4 Å². The Labute approximate surface area is 116 Å². The highest BCUT2D eigenvalue weighted by molar-refractivity contribution is 6.36. The number of benzene rings is 1. The molecule has 1 saturated carbocycles. The van der Waals surface area contributed by atoms with E-state index in [1.54, 1.807) is 6.07 Å². The molecule has 1 aromatic carbocycles. The van der Waals surface area contributed by atoms with E-state index in [2.05, 4.69) is 4.90 Å². The maximum Gasteiger partial charge on any atom is 0.134 e. The van der Waals surface area contributed by atoms with Gasteiger partial charge >= 0.3 is 0 Å². The van der Waals surface area contributed by atoms with Crippen LogP contribution in [-0.2, 0) is 6.54 Å². The zero-order chi connectivity index (χ0) is 12.9. The Morgan fingerprint density at radius 2 is 2.06 bits per heavy atom. The SMILES string of the molecule is Oc1ccc(Cl)c(CN2C[C@H]3C[C@H](O)[C@H]3C2)c1Cl. The molecule has 1 saturated heterocycles. The lowest BCUT2D eigenvalue weighted by atomic mass is 9.74. The van der Waals surface area contributed by atoms with Crippen LogP contribution >= 0.6 is 23.2 Å². The summed E-state index contributed by atoms with van der Waals surface area (Å²) in [6.45, 7) is 2.49. The van der Waals surface area contributed by atoms with Crippen LogP contribution in [-0.4, -0.2) is 34.3 Å². The Kier molecular flexibility index (Phi) is 3.18. The van der Waals surface area contributed by atoms with Gasteiger partial charge in [-0.3, -0.25) is 4.90 Å². The number of likely N-dealkylation sites (tertiary alicyclic amines) is 1. The van der Waals surface area contributed by atoms with Crippen LogP contribution in [0.3, 0.4) is 0 Å². The van der Waals surface area contributed by atoms with E-state index in [4.69, 9.17) is 23.2 Å². The molecule has 1 aliphatic heterocycles. The van der Waals surface area contributed by atoms with Crippen LogP contribution in [0.2, 0.25) is 10.0 Å². The highest BCUT2D eigenvalue weighted by Crippen LogP contribution is 2.42. The summed E-state index contributed by atoms with van der Waals surface area (Å²) < 4.78 is 0. The molecule has 18 heavy (non-hydrogen) atoms. The van der Waals surface area contributed by atoms with Gasteiger partial charge in [0.05, 0.1) is 11.1 Å². The van der Waals surface area contributed by atoms with E-state index >= 15 is 0 Å². The molecule has 0 unspecified atom stereocenters. The van der Waals surface area contributed by atoms with E-state index in [-0.39, 0.29) is 11.9 Å². The maximum atomic E-state index is 9.64. The Bertz CT molecular complexity index is 480. The fraction of sp³-hybridized carbons (Fsp3) is 0.538. The van der Waals surface area contributed by atoms with Crippen molar-refractivity contribution < 1.29 is 10.2 Å². The van der Waals surface area contributed by atoms with Crippen LogP contribution in [0.1, 0.15) is 12.0 Å². The largest absolute Gasteiger partial charge is 0.506 e.